The van der Waals surface area contributed by atoms with Gasteiger partial charge >= 0.3 is 5.97 Å². The number of ether oxygens (including phenoxy) is 2. The zero-order valence-electron chi connectivity index (χ0n) is 10.2. The Bertz CT molecular complexity index is 624. The third kappa shape index (κ3) is 2.41. The van der Waals surface area contributed by atoms with Gasteiger partial charge in [-0.25, -0.2) is 4.79 Å². The maximum Gasteiger partial charge on any atom is 0.353 e. The number of aromatic nitrogens is 2. The van der Waals surface area contributed by atoms with Crippen LogP contribution in [0.25, 0.3) is 11.3 Å². The van der Waals surface area contributed by atoms with Crippen molar-refractivity contribution in [1.29, 1.82) is 0 Å². The third-order valence-corrected chi connectivity index (χ3v) is 3.22. The lowest BCUT2D eigenvalue weighted by atomic mass is 10.1. The molecular formula is C12H11BrN2O4. The third-order valence-electron chi connectivity index (χ3n) is 2.56. The van der Waals surface area contributed by atoms with Crippen LogP contribution in [0.15, 0.2) is 22.7 Å². The molecule has 1 heterocycles. The lowest BCUT2D eigenvalue weighted by Gasteiger charge is -2.12. The second-order valence-corrected chi connectivity index (χ2v) is 4.48. The van der Waals surface area contributed by atoms with Gasteiger partial charge < -0.3 is 14.6 Å². The molecule has 0 saturated carbocycles. The molecule has 6 nitrogen and oxygen atoms in total. The summed E-state index contributed by atoms with van der Waals surface area (Å²) in [5.74, 6) is -0.0439. The van der Waals surface area contributed by atoms with Gasteiger partial charge in [0.15, 0.2) is 11.5 Å². The molecular weight excluding hydrogens is 316 g/mol. The van der Waals surface area contributed by atoms with E-state index in [9.17, 15) is 4.79 Å². The first-order chi connectivity index (χ1) is 9.08. The van der Waals surface area contributed by atoms with Crippen LogP contribution in [0.2, 0.25) is 0 Å². The first kappa shape index (κ1) is 13.4. The number of hydrogen-bond donors (Lipinski definition) is 2. The first-order valence-corrected chi connectivity index (χ1v) is 6.07. The highest BCUT2D eigenvalue weighted by molar-refractivity contribution is 9.10. The van der Waals surface area contributed by atoms with Crippen molar-refractivity contribution in [3.05, 3.63) is 28.4 Å². The average Bonchev–Trinajstić information content (AvgIpc) is 2.87. The predicted molar refractivity (Wildman–Crippen MR) is 71.8 cm³/mol. The lowest BCUT2D eigenvalue weighted by Crippen LogP contribution is -1.95. The number of nitrogens with one attached hydrogen (secondary N) is 1. The quantitative estimate of drug-likeness (QED) is 0.901. The van der Waals surface area contributed by atoms with E-state index in [-0.39, 0.29) is 5.69 Å². The van der Waals surface area contributed by atoms with Crippen LogP contribution in [0.5, 0.6) is 11.5 Å². The Morgan fingerprint density at radius 1 is 1.37 bits per heavy atom. The number of aromatic carboxylic acids is 1. The second-order valence-electron chi connectivity index (χ2n) is 3.63. The summed E-state index contributed by atoms with van der Waals surface area (Å²) in [5, 5.41) is 15.3. The Kier molecular flexibility index (Phi) is 3.75. The molecule has 0 aliphatic heterocycles. The smallest absolute Gasteiger partial charge is 0.353 e. The fourth-order valence-electron chi connectivity index (χ4n) is 1.70. The summed E-state index contributed by atoms with van der Waals surface area (Å²) in [4.78, 5) is 10.9. The van der Waals surface area contributed by atoms with Crippen molar-refractivity contribution in [2.45, 2.75) is 0 Å². The highest BCUT2D eigenvalue weighted by Gasteiger charge is 2.19. The standard InChI is InChI=1S/C12H11BrN2O4/c1-18-9-4-3-6(13)10(11(9)19-2)7-5-8(12(16)17)15-14-7/h3-5H,1-2H3,(H,14,15)(H,16,17). The number of aromatic amines is 1. The number of methoxy groups -OCH3 is 2. The number of benzene rings is 1. The zero-order valence-corrected chi connectivity index (χ0v) is 11.8. The molecule has 2 N–H and O–H groups in total. The van der Waals surface area contributed by atoms with Crippen LogP contribution >= 0.6 is 15.9 Å². The largest absolute Gasteiger partial charge is 0.493 e. The molecule has 0 aliphatic rings. The molecule has 0 atom stereocenters. The van der Waals surface area contributed by atoms with Gasteiger partial charge in [-0.3, -0.25) is 5.10 Å². The van der Waals surface area contributed by atoms with Gasteiger partial charge in [0.2, 0.25) is 0 Å². The van der Waals surface area contributed by atoms with Gasteiger partial charge in [0.1, 0.15) is 5.69 Å². The Morgan fingerprint density at radius 3 is 2.63 bits per heavy atom. The van der Waals surface area contributed by atoms with Crippen molar-refractivity contribution in [1.82, 2.24) is 10.2 Å². The van der Waals surface area contributed by atoms with E-state index < -0.39 is 5.97 Å². The van der Waals surface area contributed by atoms with E-state index in [0.29, 0.717) is 22.8 Å². The minimum absolute atomic E-state index is 0.00627. The minimum atomic E-state index is -1.07. The van der Waals surface area contributed by atoms with Gasteiger partial charge in [-0.1, -0.05) is 0 Å². The Labute approximate surface area is 117 Å². The van der Waals surface area contributed by atoms with Crippen LogP contribution in [0.4, 0.5) is 0 Å². The van der Waals surface area contributed by atoms with Crippen molar-refractivity contribution in [3.63, 3.8) is 0 Å². The van der Waals surface area contributed by atoms with Gasteiger partial charge in [-0.15, -0.1) is 0 Å². The summed E-state index contributed by atoms with van der Waals surface area (Å²) in [5.41, 5.74) is 1.09. The summed E-state index contributed by atoms with van der Waals surface area (Å²) in [6, 6.07) is 4.97. The molecule has 1 aromatic carbocycles. The monoisotopic (exact) mass is 326 g/mol. The second kappa shape index (κ2) is 5.31. The molecule has 0 radical (unpaired) electrons. The van der Waals surface area contributed by atoms with Crippen LogP contribution < -0.4 is 9.47 Å². The highest BCUT2D eigenvalue weighted by atomic mass is 79.9. The molecule has 100 valence electrons. The number of rotatable bonds is 4. The van der Waals surface area contributed by atoms with E-state index >= 15 is 0 Å². The Hall–Kier alpha value is -2.02. The average molecular weight is 327 g/mol. The van der Waals surface area contributed by atoms with Crippen LogP contribution in [-0.2, 0) is 0 Å². The summed E-state index contributed by atoms with van der Waals surface area (Å²) in [6.45, 7) is 0. The Balaban J connectivity index is 2.62. The highest BCUT2D eigenvalue weighted by Crippen LogP contribution is 2.42. The predicted octanol–water partition coefficient (Wildman–Crippen LogP) is 2.55. The molecule has 0 fully saturated rings. The molecule has 0 bridgehead atoms. The summed E-state index contributed by atoms with van der Waals surface area (Å²) in [7, 11) is 3.04. The number of halogens is 1. The molecule has 0 spiro atoms. The van der Waals surface area contributed by atoms with E-state index in [1.165, 1.54) is 20.3 Å². The molecule has 7 heteroatoms. The molecule has 0 unspecified atom stereocenters. The maximum absolute atomic E-state index is 10.9. The van der Waals surface area contributed by atoms with E-state index in [1.54, 1.807) is 12.1 Å². The molecule has 2 aromatic rings. The number of carboxylic acid groups (broad SMARTS) is 1. The summed E-state index contributed by atoms with van der Waals surface area (Å²) in [6.07, 6.45) is 0. The van der Waals surface area contributed by atoms with Crippen molar-refractivity contribution < 1.29 is 19.4 Å². The minimum Gasteiger partial charge on any atom is -0.493 e. The van der Waals surface area contributed by atoms with Crippen molar-refractivity contribution in [2.24, 2.45) is 0 Å². The van der Waals surface area contributed by atoms with Crippen molar-refractivity contribution in [2.75, 3.05) is 14.2 Å². The number of hydrogen-bond acceptors (Lipinski definition) is 4. The van der Waals surface area contributed by atoms with E-state index in [2.05, 4.69) is 26.1 Å². The normalized spacial score (nSPS) is 10.3. The molecule has 0 aliphatic carbocycles. The fourth-order valence-corrected chi connectivity index (χ4v) is 2.22. The lowest BCUT2D eigenvalue weighted by molar-refractivity contribution is 0.0690. The van der Waals surface area contributed by atoms with Gasteiger partial charge in [0.05, 0.1) is 25.5 Å². The SMILES string of the molecule is COc1ccc(Br)c(-c2cc(C(=O)O)[nH]n2)c1OC. The van der Waals surface area contributed by atoms with Gasteiger partial charge in [-0.2, -0.15) is 5.10 Å². The van der Waals surface area contributed by atoms with Crippen LogP contribution in [-0.4, -0.2) is 35.5 Å². The van der Waals surface area contributed by atoms with Crippen molar-refractivity contribution in [3.8, 4) is 22.8 Å². The van der Waals surface area contributed by atoms with E-state index in [1.807, 2.05) is 0 Å². The number of H-pyrrole nitrogens is 1. The van der Waals surface area contributed by atoms with Gasteiger partial charge in [-0.05, 0) is 34.1 Å². The molecule has 0 saturated heterocycles. The maximum atomic E-state index is 10.9. The Morgan fingerprint density at radius 2 is 2.11 bits per heavy atom. The van der Waals surface area contributed by atoms with Gasteiger partial charge in [0, 0.05) is 4.47 Å². The molecule has 19 heavy (non-hydrogen) atoms. The van der Waals surface area contributed by atoms with Crippen LogP contribution in [0.1, 0.15) is 10.5 Å². The molecule has 1 aromatic heterocycles. The number of nitrogens with zero attached hydrogens (tertiary/aromatic N) is 1. The molecule has 2 rings (SSSR count). The fraction of sp³-hybridized carbons (Fsp3) is 0.167. The first-order valence-electron chi connectivity index (χ1n) is 5.28. The topological polar surface area (TPSA) is 84.4 Å². The van der Waals surface area contributed by atoms with Crippen LogP contribution in [0.3, 0.4) is 0 Å². The molecule has 0 amide bonds. The number of carbonyl (C=O) groups is 1. The van der Waals surface area contributed by atoms with E-state index in [4.69, 9.17) is 14.6 Å². The van der Waals surface area contributed by atoms with Crippen LogP contribution in [0, 0.1) is 0 Å². The number of carboxylic acids is 1. The van der Waals surface area contributed by atoms with E-state index in [0.717, 1.165) is 4.47 Å². The summed E-state index contributed by atoms with van der Waals surface area (Å²) < 4.78 is 11.3. The zero-order chi connectivity index (χ0) is 14.0. The van der Waals surface area contributed by atoms with Gasteiger partial charge in [0.25, 0.3) is 0 Å². The summed E-state index contributed by atoms with van der Waals surface area (Å²) >= 11 is 3.40. The van der Waals surface area contributed by atoms with Crippen molar-refractivity contribution >= 4 is 21.9 Å².